The van der Waals surface area contributed by atoms with Crippen molar-refractivity contribution in [2.75, 3.05) is 0 Å². The summed E-state index contributed by atoms with van der Waals surface area (Å²) < 4.78 is 24.7. The minimum atomic E-state index is -1.23. The molecular formula is C47H40Cl3N5O7. The number of ether oxygens (including phenoxy) is 4. The molecule has 0 spiro atoms. The summed E-state index contributed by atoms with van der Waals surface area (Å²) >= 11 is 19.8. The smallest absolute Gasteiger partial charge is 0.323 e. The maximum atomic E-state index is 11.8. The van der Waals surface area contributed by atoms with Crippen LogP contribution in [-0.2, 0) is 37.8 Å². The van der Waals surface area contributed by atoms with Crippen molar-refractivity contribution in [1.82, 2.24) is 15.3 Å². The number of nitriles is 2. The number of benzene rings is 4. The molecule has 0 fully saturated rings. The third-order valence-electron chi connectivity index (χ3n) is 9.95. The van der Waals surface area contributed by atoms with E-state index < -0.39 is 18.1 Å². The second kappa shape index (κ2) is 20.9. The Hall–Kier alpha value is -6.38. The topological polar surface area (TPSA) is 180 Å². The minimum Gasteiger partial charge on any atom is -0.488 e. The minimum absolute atomic E-state index is 0.0129. The number of carboxylic acid groups (broad SMARTS) is 1. The van der Waals surface area contributed by atoms with E-state index >= 15 is 0 Å². The van der Waals surface area contributed by atoms with E-state index in [1.54, 1.807) is 48.8 Å². The Kier molecular flexibility index (Phi) is 15.2. The van der Waals surface area contributed by atoms with Crippen LogP contribution in [0.15, 0.2) is 97.6 Å². The summed E-state index contributed by atoms with van der Waals surface area (Å²) in [5, 5.41) is 41.9. The van der Waals surface area contributed by atoms with Gasteiger partial charge in [0.25, 0.3) is 0 Å². The number of halogens is 3. The first-order valence-electron chi connectivity index (χ1n) is 19.2. The maximum absolute atomic E-state index is 11.8. The van der Waals surface area contributed by atoms with Gasteiger partial charge in [0.2, 0.25) is 0 Å². The molecule has 3 N–H and O–H groups in total. The average molecular weight is 893 g/mol. The van der Waals surface area contributed by atoms with Gasteiger partial charge in [-0.2, -0.15) is 10.5 Å². The lowest BCUT2D eigenvalue weighted by Gasteiger charge is -2.20. The Morgan fingerprint density at radius 2 is 1.11 bits per heavy atom. The fourth-order valence-electron chi connectivity index (χ4n) is 6.53. The normalized spacial score (nSPS) is 11.8. The zero-order valence-electron chi connectivity index (χ0n) is 33.8. The van der Waals surface area contributed by atoms with Crippen molar-refractivity contribution in [3.05, 3.63) is 163 Å². The fraction of sp³-hybridized carbons (Fsp3) is 0.213. The molecule has 4 aromatic carbocycles. The van der Waals surface area contributed by atoms with Gasteiger partial charge in [0, 0.05) is 60.2 Å². The molecule has 2 heterocycles. The van der Waals surface area contributed by atoms with Gasteiger partial charge in [-0.25, -0.2) is 0 Å². The third kappa shape index (κ3) is 11.3. The Bertz CT molecular complexity index is 2680. The van der Waals surface area contributed by atoms with Crippen molar-refractivity contribution in [3.63, 3.8) is 0 Å². The molecule has 0 saturated carbocycles. The number of nitrogens with zero attached hydrogens (tertiary/aromatic N) is 4. The average Bonchev–Trinajstić information content (AvgIpc) is 3.26. The number of aliphatic carboxylic acids is 1. The van der Waals surface area contributed by atoms with E-state index in [0.29, 0.717) is 60.9 Å². The first kappa shape index (κ1) is 45.2. The summed E-state index contributed by atoms with van der Waals surface area (Å²) in [6, 6.07) is 24.7. The SMILES string of the molecule is Cc1c(COc2cc(OCc3cncc(C#N)c3)c(Cl)cc2Cl)cccc1-c1cccc(COc2cc(OCc3cncc(C#N)c3)c(CN[C@H](C(=O)O)[C@@H](C)O)cc2Cl)c1C. The number of aliphatic hydroxyl groups is 1. The number of hydrogen-bond acceptors (Lipinski definition) is 11. The van der Waals surface area contributed by atoms with Gasteiger partial charge >= 0.3 is 5.97 Å². The van der Waals surface area contributed by atoms with Gasteiger partial charge in [-0.15, -0.1) is 0 Å². The first-order valence-corrected chi connectivity index (χ1v) is 20.3. The number of aliphatic hydroxyl groups excluding tert-OH is 1. The van der Waals surface area contributed by atoms with Crippen LogP contribution in [0.3, 0.4) is 0 Å². The summed E-state index contributed by atoms with van der Waals surface area (Å²) in [6.07, 6.45) is 4.96. The molecule has 0 aliphatic rings. The van der Waals surface area contributed by atoms with Crippen LogP contribution >= 0.6 is 34.8 Å². The summed E-state index contributed by atoms with van der Waals surface area (Å²) in [5.74, 6) is 0.241. The number of pyridine rings is 2. The summed E-state index contributed by atoms with van der Waals surface area (Å²) in [6.45, 7) is 6.02. The molecule has 12 nitrogen and oxygen atoms in total. The van der Waals surface area contributed by atoms with Crippen LogP contribution in [0.1, 0.15) is 57.0 Å². The van der Waals surface area contributed by atoms with Gasteiger partial charge in [0.1, 0.15) is 67.6 Å². The first-order chi connectivity index (χ1) is 29.8. The van der Waals surface area contributed by atoms with Gasteiger partial charge in [-0.3, -0.25) is 20.1 Å². The predicted octanol–water partition coefficient (Wildman–Crippen LogP) is 9.70. The van der Waals surface area contributed by atoms with Gasteiger partial charge < -0.3 is 29.2 Å². The van der Waals surface area contributed by atoms with E-state index in [9.17, 15) is 25.5 Å². The summed E-state index contributed by atoms with van der Waals surface area (Å²) in [4.78, 5) is 19.9. The van der Waals surface area contributed by atoms with Gasteiger partial charge in [0.05, 0.1) is 32.3 Å². The summed E-state index contributed by atoms with van der Waals surface area (Å²) in [7, 11) is 0. The van der Waals surface area contributed by atoms with Crippen molar-refractivity contribution in [3.8, 4) is 46.3 Å². The molecule has 0 bridgehead atoms. The number of nitrogens with one attached hydrogen (secondary N) is 1. The van der Waals surface area contributed by atoms with Crippen LogP contribution in [0.4, 0.5) is 0 Å². The third-order valence-corrected chi connectivity index (χ3v) is 10.8. The molecule has 2 aromatic heterocycles. The molecule has 0 aliphatic heterocycles. The lowest BCUT2D eigenvalue weighted by molar-refractivity contribution is -0.142. The van der Waals surface area contributed by atoms with Crippen molar-refractivity contribution in [2.45, 2.75) is 65.9 Å². The number of hydrogen-bond donors (Lipinski definition) is 3. The molecule has 316 valence electrons. The van der Waals surface area contributed by atoms with Crippen LogP contribution < -0.4 is 24.3 Å². The van der Waals surface area contributed by atoms with Crippen molar-refractivity contribution in [1.29, 1.82) is 10.5 Å². The standard InChI is InChI=1S/C47H40Cl3N5O7/c1-27-34(25-61-43-14-42(59-23-32-10-30(16-51)18-53-20-32)36(12-39(43)48)22-55-46(29(3)56)47(57)58)6-4-8-37(27)38-9-5-7-35(28(38)2)26-62-45-15-44(40(49)13-41(45)50)60-24-33-11-31(17-52)19-54-21-33/h4-15,18-21,29,46,55-56H,22-26H2,1-3H3,(H,57,58)/t29-,46+/m1/s1. The second-order valence-corrected chi connectivity index (χ2v) is 15.5. The Labute approximate surface area is 373 Å². The summed E-state index contributed by atoms with van der Waals surface area (Å²) in [5.41, 5.74) is 8.52. The second-order valence-electron chi connectivity index (χ2n) is 14.3. The number of carboxylic acids is 1. The zero-order chi connectivity index (χ0) is 44.3. The van der Waals surface area contributed by atoms with Crippen LogP contribution in [0.25, 0.3) is 11.1 Å². The quantitative estimate of drug-likeness (QED) is 0.0745. The molecule has 0 amide bonds. The molecule has 0 unspecified atom stereocenters. The molecule has 62 heavy (non-hydrogen) atoms. The van der Waals surface area contributed by atoms with E-state index in [1.165, 1.54) is 19.3 Å². The highest BCUT2D eigenvalue weighted by atomic mass is 35.5. The van der Waals surface area contributed by atoms with E-state index in [1.807, 2.05) is 50.2 Å². The Morgan fingerprint density at radius 1 is 0.661 bits per heavy atom. The lowest BCUT2D eigenvalue weighted by Crippen LogP contribution is -2.44. The molecular weight excluding hydrogens is 853 g/mol. The predicted molar refractivity (Wildman–Crippen MR) is 234 cm³/mol. The van der Waals surface area contributed by atoms with Crippen LogP contribution in [0.5, 0.6) is 23.0 Å². The Balaban J connectivity index is 1.18. The van der Waals surface area contributed by atoms with Gasteiger partial charge in [-0.05, 0) is 78.4 Å². The monoisotopic (exact) mass is 891 g/mol. The molecule has 0 radical (unpaired) electrons. The van der Waals surface area contributed by atoms with Crippen LogP contribution in [0, 0.1) is 36.5 Å². The largest absolute Gasteiger partial charge is 0.488 e. The molecule has 0 aliphatic carbocycles. The number of carbonyl (C=O) groups is 1. The molecule has 0 saturated heterocycles. The van der Waals surface area contributed by atoms with Crippen LogP contribution in [0.2, 0.25) is 15.1 Å². The van der Waals surface area contributed by atoms with E-state index in [4.69, 9.17) is 53.8 Å². The fourth-order valence-corrected chi connectivity index (χ4v) is 7.26. The van der Waals surface area contributed by atoms with E-state index in [2.05, 4.69) is 27.4 Å². The van der Waals surface area contributed by atoms with E-state index in [-0.39, 0.29) is 38.0 Å². The number of aromatic nitrogens is 2. The van der Waals surface area contributed by atoms with Gasteiger partial charge in [-0.1, -0.05) is 71.2 Å². The molecule has 6 aromatic rings. The molecule has 6 rings (SSSR count). The van der Waals surface area contributed by atoms with Crippen molar-refractivity contribution >= 4 is 40.8 Å². The molecule has 15 heteroatoms. The Morgan fingerprint density at radius 3 is 1.58 bits per heavy atom. The zero-order valence-corrected chi connectivity index (χ0v) is 36.1. The van der Waals surface area contributed by atoms with Gasteiger partial charge in [0.15, 0.2) is 0 Å². The lowest BCUT2D eigenvalue weighted by atomic mass is 9.92. The van der Waals surface area contributed by atoms with Crippen molar-refractivity contribution in [2.24, 2.45) is 0 Å². The molecule has 2 atom stereocenters. The van der Waals surface area contributed by atoms with E-state index in [0.717, 1.165) is 33.4 Å². The van der Waals surface area contributed by atoms with Crippen molar-refractivity contribution < 1.29 is 34.0 Å². The maximum Gasteiger partial charge on any atom is 0.323 e. The van der Waals surface area contributed by atoms with Crippen LogP contribution in [-0.4, -0.2) is 38.3 Å². The number of rotatable bonds is 18. The highest BCUT2D eigenvalue weighted by Gasteiger charge is 2.24. The highest BCUT2D eigenvalue weighted by Crippen LogP contribution is 2.38. The highest BCUT2D eigenvalue weighted by molar-refractivity contribution is 6.36.